The van der Waals surface area contributed by atoms with Crippen LogP contribution in [0.25, 0.3) is 0 Å². The second kappa shape index (κ2) is 5.32. The number of carbonyl (C=O) groups is 2. The van der Waals surface area contributed by atoms with Gasteiger partial charge in [0.1, 0.15) is 5.88 Å². The van der Waals surface area contributed by atoms with Crippen molar-refractivity contribution in [1.82, 2.24) is 5.32 Å². The Labute approximate surface area is 148 Å². The Bertz CT molecular complexity index is 730. The molecular weight excluding hydrogens is 322 g/mol. The number of nitrogens with one attached hydrogen (secondary N) is 1. The van der Waals surface area contributed by atoms with E-state index in [9.17, 15) is 9.59 Å². The lowest BCUT2D eigenvalue weighted by molar-refractivity contribution is -0.122. The zero-order valence-electron chi connectivity index (χ0n) is 14.3. The average molecular weight is 346 g/mol. The molecule has 128 valence electrons. The molecule has 0 spiro atoms. The summed E-state index contributed by atoms with van der Waals surface area (Å²) in [5, 5.41) is 3.27. The number of amides is 1. The summed E-state index contributed by atoms with van der Waals surface area (Å²) in [5.41, 5.74) is 3.66. The smallest absolute Gasteiger partial charge is 0.235 e. The van der Waals surface area contributed by atoms with Crippen LogP contribution >= 0.6 is 11.6 Å². The van der Waals surface area contributed by atoms with E-state index in [1.807, 2.05) is 6.07 Å². The van der Waals surface area contributed by atoms with Crippen LogP contribution in [0, 0.1) is 5.41 Å². The van der Waals surface area contributed by atoms with Crippen LogP contribution in [-0.4, -0.2) is 23.1 Å². The van der Waals surface area contributed by atoms with E-state index in [0.717, 1.165) is 31.2 Å². The average Bonchev–Trinajstić information content (AvgIpc) is 2.65. The summed E-state index contributed by atoms with van der Waals surface area (Å²) < 4.78 is 0. The van der Waals surface area contributed by atoms with Gasteiger partial charge in [-0.3, -0.25) is 9.59 Å². The molecule has 4 atom stereocenters. The van der Waals surface area contributed by atoms with Gasteiger partial charge in [-0.25, -0.2) is 0 Å². The fourth-order valence-electron chi connectivity index (χ4n) is 5.98. The summed E-state index contributed by atoms with van der Waals surface area (Å²) in [6.45, 7) is 4.00. The quantitative estimate of drug-likeness (QED) is 0.660. The molecule has 4 heteroatoms. The fourth-order valence-corrected chi connectivity index (χ4v) is 6.05. The minimum Gasteiger partial charge on any atom is -0.350 e. The summed E-state index contributed by atoms with van der Waals surface area (Å²) in [6.07, 6.45) is 5.33. The van der Waals surface area contributed by atoms with Crippen LogP contribution in [0.4, 0.5) is 0 Å². The number of benzene rings is 1. The Morgan fingerprint density at radius 2 is 1.83 bits per heavy atom. The molecule has 1 amide bonds. The van der Waals surface area contributed by atoms with Crippen molar-refractivity contribution in [1.29, 1.82) is 0 Å². The van der Waals surface area contributed by atoms with Gasteiger partial charge in [-0.05, 0) is 73.5 Å². The monoisotopic (exact) mass is 345 g/mol. The lowest BCUT2D eigenvalue weighted by Gasteiger charge is -2.54. The molecule has 0 heterocycles. The third-order valence-corrected chi connectivity index (χ3v) is 6.66. The van der Waals surface area contributed by atoms with Gasteiger partial charge in [-0.2, -0.15) is 0 Å². The molecule has 3 nitrogen and oxygen atoms in total. The Hall–Kier alpha value is -1.35. The number of Topliss-reactive ketones (excluding diaryl/α,β-unsaturated/α-hetero) is 1. The third kappa shape index (κ3) is 2.48. The largest absolute Gasteiger partial charge is 0.350 e. The molecule has 2 fully saturated rings. The number of ketones is 1. The second-order valence-electron chi connectivity index (χ2n) is 8.56. The van der Waals surface area contributed by atoms with Gasteiger partial charge in [0.05, 0.1) is 0 Å². The van der Waals surface area contributed by atoms with Crippen molar-refractivity contribution in [2.45, 2.75) is 63.3 Å². The Balaban J connectivity index is 1.79. The van der Waals surface area contributed by atoms with Crippen molar-refractivity contribution >= 4 is 23.3 Å². The van der Waals surface area contributed by atoms with Crippen LogP contribution in [0.1, 0.15) is 79.3 Å². The highest BCUT2D eigenvalue weighted by Crippen LogP contribution is 2.62. The molecule has 1 N–H and O–H groups in total. The molecule has 4 bridgehead atoms. The molecule has 5 rings (SSSR count). The first-order valence-electron chi connectivity index (χ1n) is 8.85. The normalized spacial score (nSPS) is 36.1. The van der Waals surface area contributed by atoms with Gasteiger partial charge in [0.2, 0.25) is 5.91 Å². The first-order chi connectivity index (χ1) is 11.3. The van der Waals surface area contributed by atoms with E-state index in [4.69, 9.17) is 11.6 Å². The van der Waals surface area contributed by atoms with Crippen LogP contribution in [-0.2, 0) is 4.79 Å². The van der Waals surface area contributed by atoms with Gasteiger partial charge >= 0.3 is 0 Å². The highest BCUT2D eigenvalue weighted by Gasteiger charge is 2.55. The van der Waals surface area contributed by atoms with Gasteiger partial charge in [0.15, 0.2) is 5.78 Å². The molecule has 4 unspecified atom stereocenters. The van der Waals surface area contributed by atoms with Crippen molar-refractivity contribution < 1.29 is 9.59 Å². The van der Waals surface area contributed by atoms with Crippen LogP contribution in [0.5, 0.6) is 0 Å². The highest BCUT2D eigenvalue weighted by atomic mass is 35.5. The molecule has 24 heavy (non-hydrogen) atoms. The standard InChI is InChI=1S/C20H24ClNO2/c1-12(23)13-3-4-16-14-6-19(2)7-15(17(16)5-13)9-20(8-14,11-19)22-18(24)10-21/h3-5,14-15H,6-11H2,1-2H3,(H,22,24). The lowest BCUT2D eigenvalue weighted by atomic mass is 9.55. The summed E-state index contributed by atoms with van der Waals surface area (Å²) in [4.78, 5) is 23.9. The minimum absolute atomic E-state index is 0.0230. The van der Waals surface area contributed by atoms with Crippen LogP contribution in [0.2, 0.25) is 0 Å². The number of carbonyl (C=O) groups excluding carboxylic acids is 2. The van der Waals surface area contributed by atoms with Crippen molar-refractivity contribution in [2.24, 2.45) is 5.41 Å². The summed E-state index contributed by atoms with van der Waals surface area (Å²) in [6, 6.07) is 6.26. The van der Waals surface area contributed by atoms with E-state index in [0.29, 0.717) is 11.8 Å². The van der Waals surface area contributed by atoms with E-state index in [-0.39, 0.29) is 28.5 Å². The SMILES string of the molecule is CC(=O)c1ccc2c(c1)C1CC3(C)CC2CC(NC(=O)CCl)(C1)C3. The number of hydrogen-bond donors (Lipinski definition) is 1. The second-order valence-corrected chi connectivity index (χ2v) is 8.83. The number of alkyl halides is 1. The molecule has 0 radical (unpaired) electrons. The maximum Gasteiger partial charge on any atom is 0.235 e. The van der Waals surface area contributed by atoms with Gasteiger partial charge in [0, 0.05) is 11.1 Å². The predicted octanol–water partition coefficient (Wildman–Crippen LogP) is 4.15. The summed E-state index contributed by atoms with van der Waals surface area (Å²) in [5.74, 6) is 0.966. The summed E-state index contributed by atoms with van der Waals surface area (Å²) >= 11 is 5.76. The Morgan fingerprint density at radius 3 is 2.46 bits per heavy atom. The molecular formula is C20H24ClNO2. The Morgan fingerprint density at radius 1 is 1.17 bits per heavy atom. The van der Waals surface area contributed by atoms with Gasteiger partial charge in [-0.1, -0.05) is 19.1 Å². The van der Waals surface area contributed by atoms with Crippen LogP contribution < -0.4 is 5.32 Å². The zero-order chi connectivity index (χ0) is 17.1. The maximum atomic E-state index is 12.0. The summed E-state index contributed by atoms with van der Waals surface area (Å²) in [7, 11) is 0. The van der Waals surface area contributed by atoms with E-state index >= 15 is 0 Å². The predicted molar refractivity (Wildman–Crippen MR) is 94.7 cm³/mol. The number of halogens is 1. The molecule has 0 aromatic heterocycles. The topological polar surface area (TPSA) is 46.2 Å². The van der Waals surface area contributed by atoms with Crippen molar-refractivity contribution in [2.75, 3.05) is 5.88 Å². The van der Waals surface area contributed by atoms with E-state index in [1.165, 1.54) is 17.5 Å². The van der Waals surface area contributed by atoms with Crippen molar-refractivity contribution in [3.05, 3.63) is 34.9 Å². The lowest BCUT2D eigenvalue weighted by Crippen LogP contribution is -2.57. The van der Waals surface area contributed by atoms with Crippen molar-refractivity contribution in [3.63, 3.8) is 0 Å². The van der Waals surface area contributed by atoms with E-state index < -0.39 is 0 Å². The van der Waals surface area contributed by atoms with Crippen LogP contribution in [0.15, 0.2) is 18.2 Å². The molecule has 0 aliphatic heterocycles. The number of hydrogen-bond acceptors (Lipinski definition) is 2. The molecule has 4 aliphatic rings. The molecule has 0 saturated heterocycles. The Kier molecular flexibility index (Phi) is 3.58. The van der Waals surface area contributed by atoms with E-state index in [1.54, 1.807) is 6.92 Å². The third-order valence-electron chi connectivity index (χ3n) is 6.42. The van der Waals surface area contributed by atoms with Gasteiger partial charge in [0.25, 0.3) is 0 Å². The molecule has 2 saturated carbocycles. The van der Waals surface area contributed by atoms with Gasteiger partial charge in [-0.15, -0.1) is 11.6 Å². The fraction of sp³-hybridized carbons (Fsp3) is 0.600. The zero-order valence-corrected chi connectivity index (χ0v) is 15.1. The van der Waals surface area contributed by atoms with Crippen LogP contribution in [0.3, 0.4) is 0 Å². The highest BCUT2D eigenvalue weighted by molar-refractivity contribution is 6.27. The molecule has 1 aromatic rings. The first kappa shape index (κ1) is 16.1. The van der Waals surface area contributed by atoms with Crippen molar-refractivity contribution in [3.8, 4) is 0 Å². The van der Waals surface area contributed by atoms with E-state index in [2.05, 4.69) is 24.4 Å². The molecule has 4 aliphatic carbocycles. The minimum atomic E-state index is -0.137. The van der Waals surface area contributed by atoms with Gasteiger partial charge < -0.3 is 5.32 Å². The maximum absolute atomic E-state index is 12.0. The molecule has 1 aromatic carbocycles. The first-order valence-corrected chi connectivity index (χ1v) is 9.38. The number of rotatable bonds is 3.